The summed E-state index contributed by atoms with van der Waals surface area (Å²) in [5.74, 6) is 0. The highest BCUT2D eigenvalue weighted by molar-refractivity contribution is 9.11. The molecular formula is C13H19Br2NO3S. The molecule has 0 radical (unpaired) electrons. The average molecular weight is 429 g/mol. The number of rotatable bonds is 4. The van der Waals surface area contributed by atoms with Crippen molar-refractivity contribution in [2.75, 3.05) is 0 Å². The fraction of sp³-hybridized carbons (Fsp3) is 0.538. The molecule has 0 aromatic heterocycles. The van der Waals surface area contributed by atoms with E-state index in [1.54, 1.807) is 39.8 Å². The minimum atomic E-state index is -3.76. The number of hydrogen-bond donors (Lipinski definition) is 2. The Hall–Kier alpha value is 0.0500. The standard InChI is InChI=1S/C13H19Br2NO3S/c1-8-6-10(15)11(7-9(8)14)20(18,19)16-12(2,3)13(4,5)17/h6-7,16-17H,1-5H3. The van der Waals surface area contributed by atoms with Crippen LogP contribution in [0.2, 0.25) is 0 Å². The van der Waals surface area contributed by atoms with Gasteiger partial charge in [0.15, 0.2) is 0 Å². The molecule has 1 aromatic carbocycles. The van der Waals surface area contributed by atoms with Gasteiger partial charge in [-0.15, -0.1) is 0 Å². The zero-order valence-corrected chi connectivity index (χ0v) is 16.1. The predicted molar refractivity (Wildman–Crippen MR) is 87.3 cm³/mol. The second kappa shape index (κ2) is 5.68. The van der Waals surface area contributed by atoms with Crippen molar-refractivity contribution >= 4 is 41.9 Å². The molecular weight excluding hydrogens is 410 g/mol. The Morgan fingerprint density at radius 3 is 2.05 bits per heavy atom. The van der Waals surface area contributed by atoms with Gasteiger partial charge >= 0.3 is 0 Å². The monoisotopic (exact) mass is 427 g/mol. The van der Waals surface area contributed by atoms with E-state index < -0.39 is 21.2 Å². The van der Waals surface area contributed by atoms with Crippen LogP contribution in [0.4, 0.5) is 0 Å². The second-order valence-corrected chi connectivity index (χ2v) is 9.18. The number of halogens is 2. The van der Waals surface area contributed by atoms with Gasteiger partial charge in [-0.25, -0.2) is 13.1 Å². The smallest absolute Gasteiger partial charge is 0.242 e. The lowest BCUT2D eigenvalue weighted by Crippen LogP contribution is -2.57. The first-order valence-corrected chi connectivity index (χ1v) is 9.07. The van der Waals surface area contributed by atoms with E-state index in [-0.39, 0.29) is 4.90 Å². The average Bonchev–Trinajstić information content (AvgIpc) is 2.19. The summed E-state index contributed by atoms with van der Waals surface area (Å²) in [5.41, 5.74) is -1.28. The first-order chi connectivity index (χ1) is 8.78. The maximum absolute atomic E-state index is 12.5. The molecule has 0 fully saturated rings. The van der Waals surface area contributed by atoms with Crippen LogP contribution in [0.1, 0.15) is 33.3 Å². The summed E-state index contributed by atoms with van der Waals surface area (Å²) >= 11 is 6.60. The highest BCUT2D eigenvalue weighted by atomic mass is 79.9. The summed E-state index contributed by atoms with van der Waals surface area (Å²) < 4.78 is 28.8. The van der Waals surface area contributed by atoms with Gasteiger partial charge < -0.3 is 5.11 Å². The van der Waals surface area contributed by atoms with Crippen LogP contribution in [-0.4, -0.2) is 24.7 Å². The van der Waals surface area contributed by atoms with Crippen LogP contribution in [-0.2, 0) is 10.0 Å². The maximum atomic E-state index is 12.5. The topological polar surface area (TPSA) is 66.4 Å². The van der Waals surface area contributed by atoms with E-state index in [2.05, 4.69) is 36.6 Å². The Morgan fingerprint density at radius 2 is 1.60 bits per heavy atom. The van der Waals surface area contributed by atoms with Gasteiger partial charge in [-0.2, -0.15) is 0 Å². The fourth-order valence-electron chi connectivity index (χ4n) is 1.35. The molecule has 0 aliphatic rings. The van der Waals surface area contributed by atoms with E-state index in [4.69, 9.17) is 0 Å². The summed E-state index contributed by atoms with van der Waals surface area (Å²) in [5, 5.41) is 10.1. The molecule has 2 N–H and O–H groups in total. The zero-order valence-electron chi connectivity index (χ0n) is 12.1. The summed E-state index contributed by atoms with van der Waals surface area (Å²) in [6, 6.07) is 3.28. The van der Waals surface area contributed by atoms with Gasteiger partial charge in [0.25, 0.3) is 0 Å². The Kier molecular flexibility index (Phi) is 5.14. The largest absolute Gasteiger partial charge is 0.389 e. The Bertz CT molecular complexity index is 619. The molecule has 0 saturated carbocycles. The second-order valence-electron chi connectivity index (χ2n) is 5.82. The van der Waals surface area contributed by atoms with Crippen molar-refractivity contribution in [1.29, 1.82) is 0 Å². The van der Waals surface area contributed by atoms with Gasteiger partial charge in [-0.3, -0.25) is 0 Å². The van der Waals surface area contributed by atoms with E-state index in [0.29, 0.717) is 8.95 Å². The van der Waals surface area contributed by atoms with Crippen LogP contribution in [0.3, 0.4) is 0 Å². The first kappa shape index (κ1) is 18.1. The molecule has 114 valence electrons. The molecule has 0 unspecified atom stereocenters. The van der Waals surface area contributed by atoms with Crippen LogP contribution in [0.5, 0.6) is 0 Å². The summed E-state index contributed by atoms with van der Waals surface area (Å²) in [7, 11) is -3.76. The number of nitrogens with one attached hydrogen (secondary N) is 1. The predicted octanol–water partition coefficient (Wildman–Crippen LogP) is 3.35. The van der Waals surface area contributed by atoms with Gasteiger partial charge in [-0.05, 0) is 68.2 Å². The van der Waals surface area contributed by atoms with Crippen molar-refractivity contribution in [3.63, 3.8) is 0 Å². The lowest BCUT2D eigenvalue weighted by molar-refractivity contribution is 0.00638. The minimum Gasteiger partial charge on any atom is -0.389 e. The Labute approximate surface area is 137 Å². The summed E-state index contributed by atoms with van der Waals surface area (Å²) in [6.07, 6.45) is 0. The zero-order chi connectivity index (χ0) is 15.9. The highest BCUT2D eigenvalue weighted by Crippen LogP contribution is 2.31. The molecule has 0 atom stereocenters. The molecule has 4 nitrogen and oxygen atoms in total. The number of aryl methyl sites for hydroxylation is 1. The van der Waals surface area contributed by atoms with Crippen LogP contribution >= 0.6 is 31.9 Å². The molecule has 0 bridgehead atoms. The van der Waals surface area contributed by atoms with Gasteiger partial charge in [0.05, 0.1) is 16.0 Å². The van der Waals surface area contributed by atoms with Gasteiger partial charge in [0.1, 0.15) is 0 Å². The fourth-order valence-corrected chi connectivity index (χ4v) is 4.56. The Morgan fingerprint density at radius 1 is 1.10 bits per heavy atom. The number of aliphatic hydroxyl groups is 1. The summed E-state index contributed by atoms with van der Waals surface area (Å²) in [6.45, 7) is 8.29. The molecule has 0 saturated heterocycles. The van der Waals surface area contributed by atoms with Gasteiger partial charge in [0.2, 0.25) is 10.0 Å². The number of hydrogen-bond acceptors (Lipinski definition) is 3. The van der Waals surface area contributed by atoms with Crippen LogP contribution in [0.25, 0.3) is 0 Å². The lowest BCUT2D eigenvalue weighted by atomic mass is 9.87. The van der Waals surface area contributed by atoms with Crippen molar-refractivity contribution in [2.24, 2.45) is 0 Å². The van der Waals surface area contributed by atoms with Crippen molar-refractivity contribution in [1.82, 2.24) is 4.72 Å². The van der Waals surface area contributed by atoms with E-state index in [1.165, 1.54) is 0 Å². The highest BCUT2D eigenvalue weighted by Gasteiger charge is 2.39. The molecule has 1 rings (SSSR count). The molecule has 1 aromatic rings. The first-order valence-electron chi connectivity index (χ1n) is 6.00. The third kappa shape index (κ3) is 3.82. The van der Waals surface area contributed by atoms with Crippen LogP contribution < -0.4 is 4.72 Å². The maximum Gasteiger partial charge on any atom is 0.242 e. The summed E-state index contributed by atoms with van der Waals surface area (Å²) in [4.78, 5) is 0.132. The lowest BCUT2D eigenvalue weighted by Gasteiger charge is -2.37. The third-order valence-corrected chi connectivity index (χ3v) is 6.89. The van der Waals surface area contributed by atoms with Gasteiger partial charge in [0, 0.05) is 8.95 Å². The molecule has 0 amide bonds. The Balaban J connectivity index is 3.29. The SMILES string of the molecule is Cc1cc(Br)c(S(=O)(=O)NC(C)(C)C(C)(C)O)cc1Br. The molecule has 0 spiro atoms. The van der Waals surface area contributed by atoms with Crippen LogP contribution in [0.15, 0.2) is 26.0 Å². The molecule has 0 aliphatic carbocycles. The van der Waals surface area contributed by atoms with E-state index in [1.807, 2.05) is 6.92 Å². The van der Waals surface area contributed by atoms with E-state index >= 15 is 0 Å². The van der Waals surface area contributed by atoms with Crippen molar-refractivity contribution in [3.8, 4) is 0 Å². The van der Waals surface area contributed by atoms with Crippen molar-refractivity contribution in [3.05, 3.63) is 26.6 Å². The normalized spacial score (nSPS) is 13.6. The minimum absolute atomic E-state index is 0.132. The molecule has 7 heteroatoms. The number of sulfonamides is 1. The third-order valence-electron chi connectivity index (χ3n) is 3.42. The van der Waals surface area contributed by atoms with Crippen molar-refractivity contribution in [2.45, 2.75) is 50.7 Å². The molecule has 20 heavy (non-hydrogen) atoms. The molecule has 0 aliphatic heterocycles. The van der Waals surface area contributed by atoms with Crippen molar-refractivity contribution < 1.29 is 13.5 Å². The van der Waals surface area contributed by atoms with E-state index in [9.17, 15) is 13.5 Å². The van der Waals surface area contributed by atoms with Gasteiger partial charge in [-0.1, -0.05) is 15.9 Å². The van der Waals surface area contributed by atoms with Crippen LogP contribution in [0, 0.1) is 6.92 Å². The number of benzene rings is 1. The quantitative estimate of drug-likeness (QED) is 0.772. The molecule has 0 heterocycles. The van der Waals surface area contributed by atoms with E-state index in [0.717, 1.165) is 5.56 Å².